The molecule has 0 N–H and O–H groups in total. The van der Waals surface area contributed by atoms with Crippen molar-refractivity contribution in [1.29, 1.82) is 0 Å². The van der Waals surface area contributed by atoms with Crippen molar-refractivity contribution in [3.8, 4) is 0 Å². The minimum atomic E-state index is -0.738. The third-order valence-electron chi connectivity index (χ3n) is 1.81. The Kier molecular flexibility index (Phi) is 4.26. The van der Waals surface area contributed by atoms with Crippen LogP contribution < -0.4 is 0 Å². The Hall–Kier alpha value is -1.12. The highest BCUT2D eigenvalue weighted by Gasteiger charge is 2.32. The standard InChI is InChI=1S/C9H14O3/c1-4-5-9(2,6-7-10)8(11)12-3/h4,7H,1,5-6H2,2-3H3/t9-/m0/s1. The Morgan fingerprint density at radius 1 is 1.58 bits per heavy atom. The van der Waals surface area contributed by atoms with Gasteiger partial charge in [-0.2, -0.15) is 0 Å². The number of rotatable bonds is 5. The van der Waals surface area contributed by atoms with Crippen molar-refractivity contribution in [2.45, 2.75) is 19.8 Å². The van der Waals surface area contributed by atoms with Crippen molar-refractivity contribution >= 4 is 12.3 Å². The first-order chi connectivity index (χ1) is 5.60. The average molecular weight is 170 g/mol. The van der Waals surface area contributed by atoms with Crippen molar-refractivity contribution in [2.24, 2.45) is 5.41 Å². The number of hydrogen-bond acceptors (Lipinski definition) is 3. The summed E-state index contributed by atoms with van der Waals surface area (Å²) in [5.74, 6) is -0.366. The molecule has 0 spiro atoms. The number of carbonyl (C=O) groups is 2. The predicted octanol–water partition coefficient (Wildman–Crippen LogP) is 1.33. The van der Waals surface area contributed by atoms with E-state index in [0.717, 1.165) is 6.29 Å². The lowest BCUT2D eigenvalue weighted by Gasteiger charge is -2.22. The molecule has 3 nitrogen and oxygen atoms in total. The molecule has 0 unspecified atom stereocenters. The van der Waals surface area contributed by atoms with Gasteiger partial charge in [-0.05, 0) is 13.3 Å². The van der Waals surface area contributed by atoms with Gasteiger partial charge in [-0.3, -0.25) is 4.79 Å². The Balaban J connectivity index is 4.46. The molecule has 0 aliphatic carbocycles. The number of allylic oxidation sites excluding steroid dienone is 1. The van der Waals surface area contributed by atoms with Crippen molar-refractivity contribution in [3.63, 3.8) is 0 Å². The van der Waals surface area contributed by atoms with Crippen LogP contribution in [0.4, 0.5) is 0 Å². The van der Waals surface area contributed by atoms with Gasteiger partial charge in [0.15, 0.2) is 0 Å². The molecule has 0 saturated carbocycles. The molecular formula is C9H14O3. The van der Waals surface area contributed by atoms with E-state index >= 15 is 0 Å². The topological polar surface area (TPSA) is 43.4 Å². The first-order valence-electron chi connectivity index (χ1n) is 3.73. The number of aldehydes is 1. The van der Waals surface area contributed by atoms with E-state index in [1.165, 1.54) is 7.11 Å². The van der Waals surface area contributed by atoms with Crippen LogP contribution in [-0.4, -0.2) is 19.4 Å². The fourth-order valence-electron chi connectivity index (χ4n) is 0.999. The van der Waals surface area contributed by atoms with Crippen LogP contribution in [0, 0.1) is 5.41 Å². The van der Waals surface area contributed by atoms with Gasteiger partial charge in [-0.1, -0.05) is 6.08 Å². The molecule has 0 aromatic heterocycles. The van der Waals surface area contributed by atoms with Gasteiger partial charge in [-0.15, -0.1) is 6.58 Å². The van der Waals surface area contributed by atoms with E-state index in [1.54, 1.807) is 13.0 Å². The summed E-state index contributed by atoms with van der Waals surface area (Å²) >= 11 is 0. The summed E-state index contributed by atoms with van der Waals surface area (Å²) in [6, 6.07) is 0. The minimum Gasteiger partial charge on any atom is -0.469 e. The highest BCUT2D eigenvalue weighted by Crippen LogP contribution is 2.26. The lowest BCUT2D eigenvalue weighted by molar-refractivity contribution is -0.152. The minimum absolute atomic E-state index is 0.172. The molecule has 0 saturated heterocycles. The number of ether oxygens (including phenoxy) is 1. The Labute approximate surface area is 72.4 Å². The first kappa shape index (κ1) is 10.9. The molecule has 3 heteroatoms. The lowest BCUT2D eigenvalue weighted by Crippen LogP contribution is -2.28. The van der Waals surface area contributed by atoms with Crippen LogP contribution in [0.15, 0.2) is 12.7 Å². The molecular weight excluding hydrogens is 156 g/mol. The summed E-state index contributed by atoms with van der Waals surface area (Å²) in [5, 5.41) is 0. The molecule has 0 radical (unpaired) electrons. The fourth-order valence-corrected chi connectivity index (χ4v) is 0.999. The second-order valence-electron chi connectivity index (χ2n) is 2.92. The molecule has 0 aliphatic rings. The van der Waals surface area contributed by atoms with Crippen molar-refractivity contribution < 1.29 is 14.3 Å². The molecule has 0 aromatic carbocycles. The van der Waals surface area contributed by atoms with Gasteiger partial charge in [0.2, 0.25) is 0 Å². The van der Waals surface area contributed by atoms with E-state index in [0.29, 0.717) is 6.42 Å². The van der Waals surface area contributed by atoms with Crippen LogP contribution >= 0.6 is 0 Å². The highest BCUT2D eigenvalue weighted by atomic mass is 16.5. The Morgan fingerprint density at radius 3 is 2.50 bits per heavy atom. The van der Waals surface area contributed by atoms with Gasteiger partial charge in [0.1, 0.15) is 6.29 Å². The van der Waals surface area contributed by atoms with E-state index in [2.05, 4.69) is 11.3 Å². The third-order valence-corrected chi connectivity index (χ3v) is 1.81. The van der Waals surface area contributed by atoms with E-state index in [4.69, 9.17) is 0 Å². The summed E-state index contributed by atoms with van der Waals surface area (Å²) in [6.07, 6.45) is 2.96. The van der Waals surface area contributed by atoms with Crippen LogP contribution in [0.25, 0.3) is 0 Å². The largest absolute Gasteiger partial charge is 0.469 e. The molecule has 0 aliphatic heterocycles. The maximum absolute atomic E-state index is 11.2. The molecule has 0 bridgehead atoms. The smallest absolute Gasteiger partial charge is 0.312 e. The van der Waals surface area contributed by atoms with Gasteiger partial charge < -0.3 is 9.53 Å². The van der Waals surface area contributed by atoms with E-state index in [1.807, 2.05) is 0 Å². The second kappa shape index (κ2) is 4.70. The summed E-state index contributed by atoms with van der Waals surface area (Å²) in [5.41, 5.74) is -0.738. The predicted molar refractivity (Wildman–Crippen MR) is 45.6 cm³/mol. The summed E-state index contributed by atoms with van der Waals surface area (Å²) in [4.78, 5) is 21.5. The Morgan fingerprint density at radius 2 is 2.17 bits per heavy atom. The number of carbonyl (C=O) groups excluding carboxylic acids is 2. The molecule has 0 amide bonds. The maximum Gasteiger partial charge on any atom is 0.312 e. The highest BCUT2D eigenvalue weighted by molar-refractivity contribution is 5.79. The molecule has 0 heterocycles. The molecule has 68 valence electrons. The van der Waals surface area contributed by atoms with E-state index < -0.39 is 5.41 Å². The molecule has 0 aromatic rings. The van der Waals surface area contributed by atoms with Gasteiger partial charge >= 0.3 is 5.97 Å². The quantitative estimate of drug-likeness (QED) is 0.355. The maximum atomic E-state index is 11.2. The monoisotopic (exact) mass is 170 g/mol. The van der Waals surface area contributed by atoms with Crippen LogP contribution in [0.1, 0.15) is 19.8 Å². The van der Waals surface area contributed by atoms with E-state index in [9.17, 15) is 9.59 Å². The zero-order chi connectivity index (χ0) is 9.61. The van der Waals surface area contributed by atoms with Gasteiger partial charge in [0, 0.05) is 6.42 Å². The van der Waals surface area contributed by atoms with Crippen molar-refractivity contribution in [2.75, 3.05) is 7.11 Å². The second-order valence-corrected chi connectivity index (χ2v) is 2.92. The van der Waals surface area contributed by atoms with Crippen LogP contribution in [-0.2, 0) is 14.3 Å². The summed E-state index contributed by atoms with van der Waals surface area (Å²) in [6.45, 7) is 5.21. The fraction of sp³-hybridized carbons (Fsp3) is 0.556. The summed E-state index contributed by atoms with van der Waals surface area (Å²) < 4.78 is 4.57. The van der Waals surface area contributed by atoms with Crippen molar-refractivity contribution in [1.82, 2.24) is 0 Å². The van der Waals surface area contributed by atoms with Crippen molar-refractivity contribution in [3.05, 3.63) is 12.7 Å². The Bertz CT molecular complexity index is 174. The number of esters is 1. The summed E-state index contributed by atoms with van der Waals surface area (Å²) in [7, 11) is 1.31. The molecule has 0 fully saturated rings. The molecule has 12 heavy (non-hydrogen) atoms. The van der Waals surface area contributed by atoms with Gasteiger partial charge in [0.05, 0.1) is 12.5 Å². The normalized spacial score (nSPS) is 14.5. The lowest BCUT2D eigenvalue weighted by atomic mass is 9.84. The average Bonchev–Trinajstić information content (AvgIpc) is 2.04. The number of methoxy groups -OCH3 is 1. The van der Waals surface area contributed by atoms with Crippen LogP contribution in [0.2, 0.25) is 0 Å². The van der Waals surface area contributed by atoms with Gasteiger partial charge in [0.25, 0.3) is 0 Å². The number of hydrogen-bond donors (Lipinski definition) is 0. The SMILES string of the molecule is C=CC[C@@](C)(CC=O)C(=O)OC. The molecule has 0 rings (SSSR count). The zero-order valence-electron chi connectivity index (χ0n) is 7.50. The zero-order valence-corrected chi connectivity index (χ0v) is 7.50. The van der Waals surface area contributed by atoms with Gasteiger partial charge in [-0.25, -0.2) is 0 Å². The first-order valence-corrected chi connectivity index (χ1v) is 3.73. The van der Waals surface area contributed by atoms with Crippen LogP contribution in [0.5, 0.6) is 0 Å². The molecule has 1 atom stereocenters. The third kappa shape index (κ3) is 2.49. The van der Waals surface area contributed by atoms with Crippen LogP contribution in [0.3, 0.4) is 0 Å². The van der Waals surface area contributed by atoms with E-state index in [-0.39, 0.29) is 12.4 Å².